The van der Waals surface area contributed by atoms with Crippen LogP contribution in [-0.2, 0) is 0 Å². The van der Waals surface area contributed by atoms with E-state index >= 15 is 0 Å². The van der Waals surface area contributed by atoms with E-state index in [4.69, 9.17) is 0 Å². The standard InChI is InChI=1S/C11H14F3N/c1-2-3-9-15(11(12,13)14)10-7-5-4-6-8-10/h4-8H,2-3,9H2,1H3. The van der Waals surface area contributed by atoms with E-state index in [2.05, 4.69) is 0 Å². The van der Waals surface area contributed by atoms with Crippen LogP contribution in [0, 0.1) is 0 Å². The van der Waals surface area contributed by atoms with Crippen LogP contribution in [0.4, 0.5) is 18.9 Å². The van der Waals surface area contributed by atoms with E-state index in [-0.39, 0.29) is 12.2 Å². The molecule has 84 valence electrons. The summed E-state index contributed by atoms with van der Waals surface area (Å²) in [5, 5.41) is 0. The van der Waals surface area contributed by atoms with Crippen molar-refractivity contribution in [2.75, 3.05) is 11.4 Å². The van der Waals surface area contributed by atoms with E-state index in [1.54, 1.807) is 18.2 Å². The fourth-order valence-corrected chi connectivity index (χ4v) is 1.33. The van der Waals surface area contributed by atoms with Crippen molar-refractivity contribution in [3.63, 3.8) is 0 Å². The molecule has 0 N–H and O–H groups in total. The molecule has 4 heteroatoms. The van der Waals surface area contributed by atoms with Gasteiger partial charge < -0.3 is 0 Å². The lowest BCUT2D eigenvalue weighted by atomic mass is 10.2. The first-order chi connectivity index (χ1) is 7.05. The van der Waals surface area contributed by atoms with Gasteiger partial charge in [-0.25, -0.2) is 0 Å². The van der Waals surface area contributed by atoms with Crippen LogP contribution in [0.15, 0.2) is 30.3 Å². The van der Waals surface area contributed by atoms with Crippen molar-refractivity contribution >= 4 is 5.69 Å². The minimum absolute atomic E-state index is 0.0179. The van der Waals surface area contributed by atoms with Crippen molar-refractivity contribution in [2.24, 2.45) is 0 Å². The molecule has 0 aromatic heterocycles. The number of hydrogen-bond acceptors (Lipinski definition) is 1. The van der Waals surface area contributed by atoms with Gasteiger partial charge in [-0.3, -0.25) is 4.90 Å². The third-order valence-corrected chi connectivity index (χ3v) is 2.11. The molecule has 0 fully saturated rings. The van der Waals surface area contributed by atoms with Crippen molar-refractivity contribution in [2.45, 2.75) is 26.1 Å². The van der Waals surface area contributed by atoms with Crippen LogP contribution in [0.3, 0.4) is 0 Å². The average Bonchev–Trinajstić information content (AvgIpc) is 2.18. The molecule has 0 heterocycles. The molecule has 0 amide bonds. The first kappa shape index (κ1) is 11.9. The summed E-state index contributed by atoms with van der Waals surface area (Å²) in [4.78, 5) is 0.483. The zero-order chi connectivity index (χ0) is 11.3. The van der Waals surface area contributed by atoms with Gasteiger partial charge in [-0.15, -0.1) is 0 Å². The molecule has 15 heavy (non-hydrogen) atoms. The molecule has 0 saturated heterocycles. The summed E-state index contributed by atoms with van der Waals surface area (Å²) in [5.41, 5.74) is 0.207. The van der Waals surface area contributed by atoms with Crippen LogP contribution >= 0.6 is 0 Å². The lowest BCUT2D eigenvalue weighted by Gasteiger charge is -2.26. The monoisotopic (exact) mass is 217 g/mol. The fraction of sp³-hybridized carbons (Fsp3) is 0.455. The van der Waals surface area contributed by atoms with Crippen molar-refractivity contribution in [1.82, 2.24) is 0 Å². The van der Waals surface area contributed by atoms with E-state index in [1.165, 1.54) is 12.1 Å². The highest BCUT2D eigenvalue weighted by Crippen LogP contribution is 2.28. The maximum Gasteiger partial charge on any atom is 0.484 e. The zero-order valence-electron chi connectivity index (χ0n) is 8.59. The van der Waals surface area contributed by atoms with Gasteiger partial charge in [-0.1, -0.05) is 31.5 Å². The van der Waals surface area contributed by atoms with Crippen LogP contribution in [-0.4, -0.2) is 12.8 Å². The van der Waals surface area contributed by atoms with Crippen LogP contribution in [0.2, 0.25) is 0 Å². The van der Waals surface area contributed by atoms with Gasteiger partial charge in [0.05, 0.1) is 0 Å². The number of para-hydroxylation sites is 1. The highest BCUT2D eigenvalue weighted by atomic mass is 19.4. The molecular formula is C11H14F3N. The molecule has 0 radical (unpaired) electrons. The van der Waals surface area contributed by atoms with E-state index in [0.717, 1.165) is 6.42 Å². The predicted octanol–water partition coefficient (Wildman–Crippen LogP) is 3.81. The third-order valence-electron chi connectivity index (χ3n) is 2.11. The minimum atomic E-state index is -4.30. The number of hydrogen-bond donors (Lipinski definition) is 0. The largest absolute Gasteiger partial charge is 0.484 e. The molecule has 1 aromatic carbocycles. The number of nitrogens with zero attached hydrogens (tertiary/aromatic N) is 1. The first-order valence-electron chi connectivity index (χ1n) is 4.95. The Morgan fingerprint density at radius 1 is 1.13 bits per heavy atom. The first-order valence-corrected chi connectivity index (χ1v) is 4.95. The topological polar surface area (TPSA) is 3.24 Å². The Morgan fingerprint density at radius 3 is 2.20 bits per heavy atom. The second kappa shape index (κ2) is 5.05. The summed E-state index contributed by atoms with van der Waals surface area (Å²) >= 11 is 0. The number of alkyl halides is 3. The molecule has 0 spiro atoms. The van der Waals surface area contributed by atoms with Crippen molar-refractivity contribution < 1.29 is 13.2 Å². The molecular weight excluding hydrogens is 203 g/mol. The summed E-state index contributed by atoms with van der Waals surface area (Å²) in [5.74, 6) is 0. The lowest BCUT2D eigenvalue weighted by molar-refractivity contribution is -0.129. The Hall–Kier alpha value is -1.19. The number of benzene rings is 1. The summed E-state index contributed by atoms with van der Waals surface area (Å²) < 4.78 is 38.0. The van der Waals surface area contributed by atoms with Crippen LogP contribution in [0.1, 0.15) is 19.8 Å². The SMILES string of the molecule is CCCCN(c1ccccc1)C(F)(F)F. The quantitative estimate of drug-likeness (QED) is 0.693. The molecule has 0 saturated carbocycles. The highest BCUT2D eigenvalue weighted by Gasteiger charge is 2.36. The van der Waals surface area contributed by atoms with Gasteiger partial charge in [0.2, 0.25) is 0 Å². The van der Waals surface area contributed by atoms with Crippen molar-refractivity contribution in [3.8, 4) is 0 Å². The smallest absolute Gasteiger partial charge is 0.284 e. The van der Waals surface area contributed by atoms with Crippen molar-refractivity contribution in [1.29, 1.82) is 0 Å². The fourth-order valence-electron chi connectivity index (χ4n) is 1.33. The van der Waals surface area contributed by atoms with Gasteiger partial charge in [-0.2, -0.15) is 13.2 Å². The van der Waals surface area contributed by atoms with E-state index in [0.29, 0.717) is 11.3 Å². The van der Waals surface area contributed by atoms with Crippen LogP contribution in [0.5, 0.6) is 0 Å². The Kier molecular flexibility index (Phi) is 4.00. The van der Waals surface area contributed by atoms with Crippen molar-refractivity contribution in [3.05, 3.63) is 30.3 Å². The lowest BCUT2D eigenvalue weighted by Crippen LogP contribution is -2.38. The van der Waals surface area contributed by atoms with Crippen LogP contribution < -0.4 is 4.90 Å². The predicted molar refractivity (Wildman–Crippen MR) is 54.8 cm³/mol. The van der Waals surface area contributed by atoms with Gasteiger partial charge in [0.1, 0.15) is 0 Å². The Morgan fingerprint density at radius 2 is 1.73 bits per heavy atom. The number of unbranched alkanes of at least 4 members (excludes halogenated alkanes) is 1. The number of anilines is 1. The molecule has 0 bridgehead atoms. The van der Waals surface area contributed by atoms with Gasteiger partial charge in [-0.05, 0) is 18.6 Å². The Balaban J connectivity index is 2.82. The summed E-state index contributed by atoms with van der Waals surface area (Å²) in [7, 11) is 0. The number of rotatable bonds is 4. The molecule has 0 aliphatic rings. The summed E-state index contributed by atoms with van der Waals surface area (Å²) in [6, 6.07) is 7.88. The molecule has 0 aliphatic carbocycles. The number of halogens is 3. The second-order valence-corrected chi connectivity index (χ2v) is 3.31. The minimum Gasteiger partial charge on any atom is -0.284 e. The summed E-state index contributed by atoms with van der Waals surface area (Å²) in [6.07, 6.45) is -3.01. The Bertz CT molecular complexity index is 282. The molecule has 1 rings (SSSR count). The molecule has 1 nitrogen and oxygen atoms in total. The van der Waals surface area contributed by atoms with Gasteiger partial charge in [0.25, 0.3) is 0 Å². The van der Waals surface area contributed by atoms with E-state index in [9.17, 15) is 13.2 Å². The van der Waals surface area contributed by atoms with E-state index < -0.39 is 6.30 Å². The normalized spacial score (nSPS) is 11.5. The van der Waals surface area contributed by atoms with Gasteiger partial charge in [0.15, 0.2) is 0 Å². The molecule has 1 aromatic rings. The van der Waals surface area contributed by atoms with Crippen LogP contribution in [0.25, 0.3) is 0 Å². The van der Waals surface area contributed by atoms with Gasteiger partial charge >= 0.3 is 6.30 Å². The maximum atomic E-state index is 12.7. The second-order valence-electron chi connectivity index (χ2n) is 3.31. The zero-order valence-corrected chi connectivity index (χ0v) is 8.59. The Labute approximate surface area is 87.5 Å². The maximum absolute atomic E-state index is 12.7. The average molecular weight is 217 g/mol. The molecule has 0 unspecified atom stereocenters. The van der Waals surface area contributed by atoms with E-state index in [1.807, 2.05) is 6.92 Å². The highest BCUT2D eigenvalue weighted by molar-refractivity contribution is 5.46. The third kappa shape index (κ3) is 3.46. The molecule has 0 aliphatic heterocycles. The molecule has 0 atom stereocenters. The van der Waals surface area contributed by atoms with Gasteiger partial charge in [0, 0.05) is 12.2 Å². The summed E-state index contributed by atoms with van der Waals surface area (Å²) in [6.45, 7) is 1.89.